The van der Waals surface area contributed by atoms with E-state index in [0.29, 0.717) is 24.8 Å². The summed E-state index contributed by atoms with van der Waals surface area (Å²) in [5.74, 6) is 1.08. The normalized spacial score (nSPS) is 12.4. The Morgan fingerprint density at radius 3 is 2.65 bits per heavy atom. The number of aliphatic hydroxyl groups excluding tert-OH is 1. The molecule has 0 saturated carbocycles. The van der Waals surface area contributed by atoms with Crippen LogP contribution in [-0.2, 0) is 31.8 Å². The zero-order valence-electron chi connectivity index (χ0n) is 20.6. The van der Waals surface area contributed by atoms with E-state index in [1.807, 2.05) is 38.1 Å². The summed E-state index contributed by atoms with van der Waals surface area (Å²) in [5, 5.41) is 14.0. The number of fused-ring (bicyclic) bond motifs is 1. The van der Waals surface area contributed by atoms with Crippen LogP contribution in [0.25, 0.3) is 11.2 Å². The monoisotopic (exact) mass is 473 g/mol. The summed E-state index contributed by atoms with van der Waals surface area (Å²) in [6, 6.07) is 7.72. The molecule has 0 bridgehead atoms. The van der Waals surface area contributed by atoms with Gasteiger partial charge in [-0.05, 0) is 44.4 Å². The van der Waals surface area contributed by atoms with Gasteiger partial charge in [-0.25, -0.2) is 4.79 Å². The van der Waals surface area contributed by atoms with Crippen LogP contribution < -0.4 is 21.3 Å². The second kappa shape index (κ2) is 11.3. The molecule has 10 nitrogen and oxygen atoms in total. The van der Waals surface area contributed by atoms with Crippen LogP contribution in [0.15, 0.2) is 33.9 Å². The third-order valence-corrected chi connectivity index (χ3v) is 5.55. The summed E-state index contributed by atoms with van der Waals surface area (Å²) >= 11 is 0. The van der Waals surface area contributed by atoms with E-state index in [-0.39, 0.29) is 30.4 Å². The smallest absolute Gasteiger partial charge is 0.332 e. The van der Waals surface area contributed by atoms with Crippen LogP contribution in [0.3, 0.4) is 0 Å². The Morgan fingerprint density at radius 1 is 1.18 bits per heavy atom. The van der Waals surface area contributed by atoms with E-state index in [9.17, 15) is 14.7 Å². The first-order valence-electron chi connectivity index (χ1n) is 11.6. The number of benzene rings is 1. The highest BCUT2D eigenvalue weighted by molar-refractivity contribution is 5.74. The molecule has 1 atom stereocenters. The van der Waals surface area contributed by atoms with E-state index in [1.54, 1.807) is 11.6 Å². The molecule has 2 aromatic heterocycles. The topological polar surface area (TPSA) is 113 Å². The van der Waals surface area contributed by atoms with Crippen LogP contribution in [0.2, 0.25) is 0 Å². The molecule has 10 heteroatoms. The van der Waals surface area contributed by atoms with Gasteiger partial charge >= 0.3 is 5.69 Å². The Morgan fingerprint density at radius 2 is 1.94 bits per heavy atom. The van der Waals surface area contributed by atoms with Gasteiger partial charge in [-0.1, -0.05) is 19.1 Å². The number of aromatic nitrogens is 4. The standard InChI is InChI=1S/C24H35N5O5/c1-6-17-9-7-10-19(13-17)34-15-18(30)14-29-20-21(27(4)24(32)28(5)22(20)31)26-23(29)25-11-8-12-33-16(2)3/h7,9-10,13,16,18,30H,6,8,11-12,14-15H2,1-5H3,(H,25,26)/t18-/m0/s1. The van der Waals surface area contributed by atoms with E-state index in [0.717, 1.165) is 23.0 Å². The Hall–Kier alpha value is -3.11. The van der Waals surface area contributed by atoms with Gasteiger partial charge in [0.1, 0.15) is 18.5 Å². The highest BCUT2D eigenvalue weighted by Gasteiger charge is 2.21. The van der Waals surface area contributed by atoms with Gasteiger partial charge in [0.05, 0.1) is 12.6 Å². The number of ether oxygens (including phenoxy) is 2. The fourth-order valence-electron chi connectivity index (χ4n) is 3.66. The number of hydrogen-bond donors (Lipinski definition) is 2. The maximum absolute atomic E-state index is 12.9. The number of nitrogens with one attached hydrogen (secondary N) is 1. The number of aliphatic hydroxyl groups is 1. The molecule has 2 heterocycles. The number of anilines is 1. The van der Waals surface area contributed by atoms with Crippen LogP contribution in [-0.4, -0.2) is 55.8 Å². The van der Waals surface area contributed by atoms with E-state index in [2.05, 4.69) is 17.2 Å². The molecular formula is C24H35N5O5. The molecule has 0 saturated heterocycles. The Labute approximate surface area is 198 Å². The van der Waals surface area contributed by atoms with Gasteiger partial charge in [-0.3, -0.25) is 13.9 Å². The fourth-order valence-corrected chi connectivity index (χ4v) is 3.66. The lowest BCUT2D eigenvalue weighted by molar-refractivity contribution is 0.0786. The molecule has 2 N–H and O–H groups in total. The average Bonchev–Trinajstić information content (AvgIpc) is 3.17. The lowest BCUT2D eigenvalue weighted by Gasteiger charge is -2.16. The summed E-state index contributed by atoms with van der Waals surface area (Å²) in [6.45, 7) is 7.27. The second-order valence-corrected chi connectivity index (χ2v) is 8.59. The molecule has 0 aliphatic carbocycles. The van der Waals surface area contributed by atoms with E-state index >= 15 is 0 Å². The Kier molecular flexibility index (Phi) is 8.51. The first-order chi connectivity index (χ1) is 16.2. The molecule has 0 unspecified atom stereocenters. The number of imidazole rings is 1. The van der Waals surface area contributed by atoms with Crippen LogP contribution >= 0.6 is 0 Å². The molecule has 0 radical (unpaired) electrons. The van der Waals surface area contributed by atoms with Crippen molar-refractivity contribution in [1.29, 1.82) is 0 Å². The number of hydrogen-bond acceptors (Lipinski definition) is 7. The Bertz CT molecular complexity index is 1230. The van der Waals surface area contributed by atoms with Crippen molar-refractivity contribution in [3.63, 3.8) is 0 Å². The van der Waals surface area contributed by atoms with E-state index in [4.69, 9.17) is 9.47 Å². The first kappa shape index (κ1) is 25.5. The largest absolute Gasteiger partial charge is 0.491 e. The van der Waals surface area contributed by atoms with Gasteiger partial charge in [0.2, 0.25) is 5.95 Å². The molecule has 0 fully saturated rings. The van der Waals surface area contributed by atoms with Crippen molar-refractivity contribution >= 4 is 17.1 Å². The lowest BCUT2D eigenvalue weighted by Crippen LogP contribution is -2.38. The molecule has 0 spiro atoms. The summed E-state index contributed by atoms with van der Waals surface area (Å²) < 4.78 is 15.4. The number of nitrogens with zero attached hydrogens (tertiary/aromatic N) is 4. The van der Waals surface area contributed by atoms with Gasteiger partial charge in [-0.15, -0.1) is 0 Å². The summed E-state index contributed by atoms with van der Waals surface area (Å²) in [4.78, 5) is 29.8. The summed E-state index contributed by atoms with van der Waals surface area (Å²) in [6.07, 6.45) is 0.863. The Balaban J connectivity index is 1.83. The van der Waals surface area contributed by atoms with Crippen LogP contribution in [0, 0.1) is 0 Å². The van der Waals surface area contributed by atoms with Crippen molar-refractivity contribution in [2.24, 2.45) is 14.1 Å². The fraction of sp³-hybridized carbons (Fsp3) is 0.542. The van der Waals surface area contributed by atoms with E-state index < -0.39 is 17.4 Å². The molecular weight excluding hydrogens is 438 g/mol. The molecule has 1 aromatic carbocycles. The first-order valence-corrected chi connectivity index (χ1v) is 11.6. The molecule has 0 aliphatic rings. The molecule has 3 aromatic rings. The average molecular weight is 474 g/mol. The predicted molar refractivity (Wildman–Crippen MR) is 132 cm³/mol. The maximum Gasteiger partial charge on any atom is 0.332 e. The quantitative estimate of drug-likeness (QED) is 0.385. The van der Waals surface area contributed by atoms with Gasteiger partial charge in [0.15, 0.2) is 11.2 Å². The zero-order chi connectivity index (χ0) is 24.8. The molecule has 186 valence electrons. The van der Waals surface area contributed by atoms with Crippen molar-refractivity contribution in [2.75, 3.05) is 25.1 Å². The molecule has 3 rings (SSSR count). The van der Waals surface area contributed by atoms with Crippen molar-refractivity contribution in [2.45, 2.75) is 52.4 Å². The minimum atomic E-state index is -0.908. The van der Waals surface area contributed by atoms with Crippen molar-refractivity contribution in [3.05, 3.63) is 50.7 Å². The minimum Gasteiger partial charge on any atom is -0.491 e. The molecule has 34 heavy (non-hydrogen) atoms. The highest BCUT2D eigenvalue weighted by atomic mass is 16.5. The highest BCUT2D eigenvalue weighted by Crippen LogP contribution is 2.18. The maximum atomic E-state index is 12.9. The van der Waals surface area contributed by atoms with Crippen molar-refractivity contribution in [3.8, 4) is 5.75 Å². The second-order valence-electron chi connectivity index (χ2n) is 8.59. The molecule has 0 amide bonds. The van der Waals surface area contributed by atoms with Crippen molar-refractivity contribution in [1.82, 2.24) is 18.7 Å². The lowest BCUT2D eigenvalue weighted by atomic mass is 10.2. The summed E-state index contributed by atoms with van der Waals surface area (Å²) in [7, 11) is 3.00. The van der Waals surface area contributed by atoms with E-state index in [1.165, 1.54) is 11.6 Å². The SMILES string of the molecule is CCc1cccc(OC[C@@H](O)Cn2c(NCCCOC(C)C)nc3c2c(=O)n(C)c(=O)n3C)c1. The molecule has 0 aliphatic heterocycles. The van der Waals surface area contributed by atoms with Crippen LogP contribution in [0.1, 0.15) is 32.8 Å². The van der Waals surface area contributed by atoms with Gasteiger partial charge < -0.3 is 24.5 Å². The zero-order valence-corrected chi connectivity index (χ0v) is 20.6. The van der Waals surface area contributed by atoms with Gasteiger partial charge in [0, 0.05) is 27.2 Å². The summed E-state index contributed by atoms with van der Waals surface area (Å²) in [5.41, 5.74) is 0.726. The van der Waals surface area contributed by atoms with Crippen LogP contribution in [0.4, 0.5) is 5.95 Å². The predicted octanol–water partition coefficient (Wildman–Crippen LogP) is 1.66. The van der Waals surface area contributed by atoms with Crippen LogP contribution in [0.5, 0.6) is 5.75 Å². The van der Waals surface area contributed by atoms with Gasteiger partial charge in [-0.2, -0.15) is 4.98 Å². The van der Waals surface area contributed by atoms with Crippen molar-refractivity contribution < 1.29 is 14.6 Å². The third-order valence-electron chi connectivity index (χ3n) is 5.55. The number of rotatable bonds is 12. The number of aryl methyl sites for hydroxylation is 2. The minimum absolute atomic E-state index is 0.0423. The third kappa shape index (κ3) is 5.87. The van der Waals surface area contributed by atoms with Gasteiger partial charge in [0.25, 0.3) is 5.56 Å².